The molecule has 0 aliphatic carbocycles. The summed E-state index contributed by atoms with van der Waals surface area (Å²) in [6.45, 7) is -0.0531. The van der Waals surface area contributed by atoms with Crippen LogP contribution in [0, 0.1) is 0 Å². The lowest BCUT2D eigenvalue weighted by Gasteiger charge is -2.15. The molecule has 1 atom stereocenters. The molecule has 2 aromatic rings. The minimum Gasteiger partial charge on any atom is -0.368 e. The molecule has 1 aliphatic heterocycles. The van der Waals surface area contributed by atoms with Crippen LogP contribution in [0.5, 0.6) is 0 Å². The lowest BCUT2D eigenvalue weighted by molar-refractivity contribution is 0.468. The van der Waals surface area contributed by atoms with Crippen molar-refractivity contribution in [2.75, 3.05) is 18.8 Å². The summed E-state index contributed by atoms with van der Waals surface area (Å²) in [5.74, 6) is -1.12. The first kappa shape index (κ1) is 20.9. The van der Waals surface area contributed by atoms with Crippen molar-refractivity contribution in [2.24, 2.45) is 28.0 Å². The number of hydrogen-bond donors (Lipinski definition) is 2. The van der Waals surface area contributed by atoms with Crippen LogP contribution in [0.15, 0.2) is 51.6 Å². The molecule has 3 rings (SSSR count). The van der Waals surface area contributed by atoms with Crippen molar-refractivity contribution in [2.45, 2.75) is 10.9 Å². The van der Waals surface area contributed by atoms with Gasteiger partial charge in [-0.3, -0.25) is 4.99 Å². The van der Waals surface area contributed by atoms with E-state index < -0.39 is 31.5 Å². The fraction of sp³-hybridized carbons (Fsp3) is 0.333. The van der Waals surface area contributed by atoms with Crippen LogP contribution in [0.3, 0.4) is 0 Å². The van der Waals surface area contributed by atoms with Crippen LogP contribution in [0.2, 0.25) is 0 Å². The minimum absolute atomic E-state index is 0.112. The number of aromatic nitrogens is 3. The molecular formula is C15H20N8O4S2. The number of primary sulfonamides is 1. The second-order valence-corrected chi connectivity index (χ2v) is 9.84. The lowest BCUT2D eigenvalue weighted by Crippen LogP contribution is -2.33. The maximum Gasteiger partial charge on any atom is 0.243 e. The zero-order valence-corrected chi connectivity index (χ0v) is 17.1. The van der Waals surface area contributed by atoms with Crippen molar-refractivity contribution in [3.63, 3.8) is 0 Å². The number of rotatable bonds is 5. The van der Waals surface area contributed by atoms with E-state index in [1.165, 1.54) is 12.1 Å². The number of benzene rings is 1. The molecule has 0 spiro atoms. The predicted molar refractivity (Wildman–Crippen MR) is 106 cm³/mol. The van der Waals surface area contributed by atoms with Gasteiger partial charge in [-0.15, -0.1) is 5.10 Å². The van der Waals surface area contributed by atoms with E-state index in [1.807, 2.05) is 6.07 Å². The number of aryl methyl sites for hydroxylation is 1. The summed E-state index contributed by atoms with van der Waals surface area (Å²) >= 11 is 0. The Kier molecular flexibility index (Phi) is 5.68. The number of sulfonamides is 1. The molecule has 0 saturated heterocycles. The Morgan fingerprint density at radius 3 is 2.52 bits per heavy atom. The van der Waals surface area contributed by atoms with Crippen molar-refractivity contribution >= 4 is 30.9 Å². The molecule has 0 saturated carbocycles. The van der Waals surface area contributed by atoms with Crippen LogP contribution in [-0.2, 0) is 26.9 Å². The van der Waals surface area contributed by atoms with Crippen LogP contribution >= 0.6 is 0 Å². The second kappa shape index (κ2) is 7.88. The number of guanidine groups is 1. The zero-order valence-electron chi connectivity index (χ0n) is 15.5. The van der Waals surface area contributed by atoms with Gasteiger partial charge in [0.25, 0.3) is 0 Å². The molecular weight excluding hydrogens is 420 g/mol. The van der Waals surface area contributed by atoms with Crippen LogP contribution in [0.25, 0.3) is 0 Å². The smallest absolute Gasteiger partial charge is 0.243 e. The quantitative estimate of drug-likeness (QED) is 0.421. The van der Waals surface area contributed by atoms with Gasteiger partial charge in [0, 0.05) is 7.05 Å². The van der Waals surface area contributed by atoms with Gasteiger partial charge in [-0.2, -0.15) is 15.0 Å². The summed E-state index contributed by atoms with van der Waals surface area (Å²) < 4.78 is 48.3. The highest BCUT2D eigenvalue weighted by Gasteiger charge is 2.40. The second-order valence-electron chi connectivity index (χ2n) is 6.27. The molecule has 156 valence electrons. The van der Waals surface area contributed by atoms with Crippen molar-refractivity contribution in [1.82, 2.24) is 20.0 Å². The molecule has 2 heterocycles. The summed E-state index contributed by atoms with van der Waals surface area (Å²) in [6.07, 6.45) is 1.14. The number of aliphatic imine (C=N–C) groups is 1. The Hall–Kier alpha value is -2.84. The molecule has 12 nitrogen and oxygen atoms in total. The van der Waals surface area contributed by atoms with Crippen LogP contribution in [-0.4, -0.2) is 66.7 Å². The molecule has 29 heavy (non-hydrogen) atoms. The zero-order chi connectivity index (χ0) is 21.2. The highest BCUT2D eigenvalue weighted by molar-refractivity contribution is 8.06. The Balaban J connectivity index is 1.96. The van der Waals surface area contributed by atoms with Crippen LogP contribution < -0.4 is 10.9 Å². The van der Waals surface area contributed by atoms with E-state index in [0.717, 1.165) is 16.6 Å². The normalized spacial score (nSPS) is 18.1. The largest absolute Gasteiger partial charge is 0.368 e. The van der Waals surface area contributed by atoms with Gasteiger partial charge in [0.1, 0.15) is 0 Å². The molecule has 1 unspecified atom stereocenters. The van der Waals surface area contributed by atoms with Crippen LogP contribution in [0.1, 0.15) is 11.5 Å². The van der Waals surface area contributed by atoms with E-state index in [2.05, 4.69) is 20.3 Å². The SMILES string of the molecule is Cn1ncc(S(=O)(=O)C2=NN(C(N)=NCCS(N)(=O)=O)CC2c2ccccc2)n1. The fourth-order valence-corrected chi connectivity index (χ4v) is 4.49. The summed E-state index contributed by atoms with van der Waals surface area (Å²) in [6, 6.07) is 8.95. The van der Waals surface area contributed by atoms with Gasteiger partial charge in [0.05, 0.1) is 31.0 Å². The van der Waals surface area contributed by atoms with Crippen molar-refractivity contribution < 1.29 is 16.8 Å². The average Bonchev–Trinajstić information content (AvgIpc) is 3.29. The van der Waals surface area contributed by atoms with Gasteiger partial charge >= 0.3 is 0 Å². The Morgan fingerprint density at radius 2 is 1.93 bits per heavy atom. The molecule has 0 radical (unpaired) electrons. The third-order valence-electron chi connectivity index (χ3n) is 4.12. The number of hydrogen-bond acceptors (Lipinski definition) is 8. The molecule has 0 bridgehead atoms. The van der Waals surface area contributed by atoms with Gasteiger partial charge in [-0.1, -0.05) is 30.3 Å². The Morgan fingerprint density at radius 1 is 1.24 bits per heavy atom. The molecule has 1 aromatic carbocycles. The molecule has 14 heteroatoms. The van der Waals surface area contributed by atoms with E-state index in [9.17, 15) is 16.8 Å². The Labute approximate surface area is 167 Å². The average molecular weight is 441 g/mol. The van der Waals surface area contributed by atoms with E-state index in [-0.39, 0.29) is 29.1 Å². The van der Waals surface area contributed by atoms with E-state index >= 15 is 0 Å². The van der Waals surface area contributed by atoms with Crippen molar-refractivity contribution in [1.29, 1.82) is 0 Å². The third kappa shape index (κ3) is 4.78. The molecule has 1 aromatic heterocycles. The molecule has 0 amide bonds. The molecule has 1 aliphatic rings. The van der Waals surface area contributed by atoms with Gasteiger partial charge in [-0.05, 0) is 5.56 Å². The number of nitrogens with two attached hydrogens (primary N) is 2. The monoisotopic (exact) mass is 440 g/mol. The summed E-state index contributed by atoms with van der Waals surface area (Å²) in [5, 5.41) is 17.7. The standard InChI is InChI=1S/C15H20N8O4S2/c1-22-19-9-13(20-22)29(26,27)14-12(11-5-3-2-4-6-11)10-23(21-14)15(16)18-7-8-28(17,24)25/h2-6,9,12H,7-8,10H2,1H3,(H2,16,18)(H2,17,24,25). The van der Waals surface area contributed by atoms with Gasteiger partial charge < -0.3 is 5.73 Å². The van der Waals surface area contributed by atoms with E-state index in [1.54, 1.807) is 24.3 Å². The first-order valence-corrected chi connectivity index (χ1v) is 11.6. The maximum absolute atomic E-state index is 13.1. The lowest BCUT2D eigenvalue weighted by atomic mass is 10.0. The minimum atomic E-state index is -4.04. The summed E-state index contributed by atoms with van der Waals surface area (Å²) in [5.41, 5.74) is 6.62. The summed E-state index contributed by atoms with van der Waals surface area (Å²) in [7, 11) is -6.23. The van der Waals surface area contributed by atoms with Gasteiger partial charge in [0.15, 0.2) is 5.04 Å². The molecule has 0 fully saturated rings. The highest BCUT2D eigenvalue weighted by Crippen LogP contribution is 2.30. The topological polar surface area (TPSA) is 179 Å². The first-order chi connectivity index (χ1) is 13.6. The Bertz CT molecular complexity index is 1160. The van der Waals surface area contributed by atoms with E-state index in [0.29, 0.717) is 0 Å². The van der Waals surface area contributed by atoms with Crippen molar-refractivity contribution in [3.8, 4) is 0 Å². The number of nitrogens with zero attached hydrogens (tertiary/aromatic N) is 6. The summed E-state index contributed by atoms with van der Waals surface area (Å²) in [4.78, 5) is 5.08. The first-order valence-electron chi connectivity index (χ1n) is 8.41. The van der Waals surface area contributed by atoms with Gasteiger partial charge in [-0.25, -0.2) is 27.0 Å². The van der Waals surface area contributed by atoms with Crippen molar-refractivity contribution in [3.05, 3.63) is 42.1 Å². The van der Waals surface area contributed by atoms with Gasteiger partial charge in [0.2, 0.25) is 30.8 Å². The number of sulfone groups is 1. The van der Waals surface area contributed by atoms with Crippen LogP contribution in [0.4, 0.5) is 0 Å². The predicted octanol–water partition coefficient (Wildman–Crippen LogP) is -1.40. The maximum atomic E-state index is 13.1. The van der Waals surface area contributed by atoms with E-state index in [4.69, 9.17) is 10.9 Å². The number of hydrazone groups is 1. The fourth-order valence-electron chi connectivity index (χ4n) is 2.73. The highest BCUT2D eigenvalue weighted by atomic mass is 32.2. The molecule has 4 N–H and O–H groups in total. The third-order valence-corrected chi connectivity index (χ3v) is 6.52.